The quantitative estimate of drug-likeness (QED) is 0.744. The molecule has 1 fully saturated rings. The number of benzene rings is 1. The van der Waals surface area contributed by atoms with Gasteiger partial charge in [-0.3, -0.25) is 0 Å². The fourth-order valence-electron chi connectivity index (χ4n) is 2.86. The number of rotatable bonds is 1. The van der Waals surface area contributed by atoms with Gasteiger partial charge in [0, 0.05) is 5.92 Å². The maximum absolute atomic E-state index is 10.1. The lowest BCUT2D eigenvalue weighted by Crippen LogP contribution is -2.23. The summed E-state index contributed by atoms with van der Waals surface area (Å²) in [5.41, 5.74) is 4.06. The second-order valence-corrected chi connectivity index (χ2v) is 4.76. The van der Waals surface area contributed by atoms with Gasteiger partial charge in [-0.15, -0.1) is 0 Å². The first-order valence-electron chi connectivity index (χ1n) is 5.94. The van der Waals surface area contributed by atoms with Crippen LogP contribution < -0.4 is 0 Å². The Kier molecular flexibility index (Phi) is 3.11. The van der Waals surface area contributed by atoms with Gasteiger partial charge in [-0.25, -0.2) is 0 Å². The van der Waals surface area contributed by atoms with Gasteiger partial charge in [-0.05, 0) is 43.4 Å². The molecule has 2 atom stereocenters. The molecule has 0 spiro atoms. The van der Waals surface area contributed by atoms with Gasteiger partial charge in [0.25, 0.3) is 0 Å². The van der Waals surface area contributed by atoms with Gasteiger partial charge >= 0.3 is 0 Å². The molecular weight excluding hydrogens is 184 g/mol. The molecule has 0 amide bonds. The molecule has 1 aliphatic carbocycles. The van der Waals surface area contributed by atoms with Gasteiger partial charge in [-0.2, -0.15) is 0 Å². The van der Waals surface area contributed by atoms with Gasteiger partial charge in [0.05, 0.1) is 6.10 Å². The molecule has 1 aromatic carbocycles. The third-order valence-corrected chi connectivity index (χ3v) is 3.64. The third-order valence-electron chi connectivity index (χ3n) is 3.64. The second kappa shape index (κ2) is 4.36. The van der Waals surface area contributed by atoms with E-state index in [1.54, 1.807) is 0 Å². The molecule has 0 aliphatic heterocycles. The van der Waals surface area contributed by atoms with Crippen molar-refractivity contribution in [3.8, 4) is 0 Å². The Morgan fingerprint density at radius 2 is 1.67 bits per heavy atom. The zero-order valence-corrected chi connectivity index (χ0v) is 9.66. The van der Waals surface area contributed by atoms with Crippen LogP contribution in [0.15, 0.2) is 18.2 Å². The Morgan fingerprint density at radius 3 is 2.27 bits per heavy atom. The van der Waals surface area contributed by atoms with Crippen molar-refractivity contribution in [1.29, 1.82) is 0 Å². The van der Waals surface area contributed by atoms with Crippen molar-refractivity contribution in [1.82, 2.24) is 0 Å². The van der Waals surface area contributed by atoms with E-state index in [2.05, 4.69) is 32.0 Å². The van der Waals surface area contributed by atoms with Crippen LogP contribution in [0, 0.1) is 13.8 Å². The van der Waals surface area contributed by atoms with Crippen LogP contribution in [0.2, 0.25) is 0 Å². The highest BCUT2D eigenvalue weighted by molar-refractivity contribution is 5.37. The van der Waals surface area contributed by atoms with Crippen LogP contribution in [-0.2, 0) is 0 Å². The van der Waals surface area contributed by atoms with Gasteiger partial charge in [0.15, 0.2) is 0 Å². The summed E-state index contributed by atoms with van der Waals surface area (Å²) >= 11 is 0. The molecule has 0 aromatic heterocycles. The molecule has 0 bridgehead atoms. The average molecular weight is 204 g/mol. The minimum atomic E-state index is -0.126. The lowest BCUT2D eigenvalue weighted by Gasteiger charge is -2.30. The first kappa shape index (κ1) is 10.7. The minimum absolute atomic E-state index is 0.126. The average Bonchev–Trinajstić information content (AvgIpc) is 2.20. The van der Waals surface area contributed by atoms with Crippen molar-refractivity contribution in [2.24, 2.45) is 0 Å². The van der Waals surface area contributed by atoms with Crippen LogP contribution in [0.5, 0.6) is 0 Å². The van der Waals surface area contributed by atoms with Gasteiger partial charge in [-0.1, -0.05) is 31.0 Å². The van der Waals surface area contributed by atoms with E-state index in [1.165, 1.54) is 29.5 Å². The summed E-state index contributed by atoms with van der Waals surface area (Å²) in [6.07, 6.45) is 4.43. The van der Waals surface area contributed by atoms with Crippen LogP contribution >= 0.6 is 0 Å². The zero-order chi connectivity index (χ0) is 10.8. The third kappa shape index (κ3) is 2.07. The number of aliphatic hydroxyl groups is 1. The molecule has 2 rings (SSSR count). The Balaban J connectivity index is 2.35. The largest absolute Gasteiger partial charge is 0.392 e. The maximum Gasteiger partial charge on any atom is 0.0608 e. The Morgan fingerprint density at radius 1 is 1.07 bits per heavy atom. The molecule has 1 saturated carbocycles. The minimum Gasteiger partial charge on any atom is -0.392 e. The molecule has 1 aromatic rings. The predicted octanol–water partition coefficient (Wildman–Crippen LogP) is 3.32. The molecule has 0 saturated heterocycles. The molecule has 1 N–H and O–H groups in total. The van der Waals surface area contributed by atoms with Gasteiger partial charge in [0.1, 0.15) is 0 Å². The summed E-state index contributed by atoms with van der Waals surface area (Å²) in [6, 6.07) is 6.41. The first-order chi connectivity index (χ1) is 7.20. The van der Waals surface area contributed by atoms with Crippen LogP contribution in [0.3, 0.4) is 0 Å². The summed E-state index contributed by atoms with van der Waals surface area (Å²) in [6.45, 7) is 4.31. The molecular formula is C14H20O. The van der Waals surface area contributed by atoms with E-state index in [-0.39, 0.29) is 6.10 Å². The van der Waals surface area contributed by atoms with E-state index in [1.807, 2.05) is 0 Å². The second-order valence-electron chi connectivity index (χ2n) is 4.76. The van der Waals surface area contributed by atoms with Crippen LogP contribution in [0.1, 0.15) is 48.3 Å². The van der Waals surface area contributed by atoms with E-state index in [9.17, 15) is 5.11 Å². The van der Waals surface area contributed by atoms with Crippen molar-refractivity contribution >= 4 is 0 Å². The normalized spacial score (nSPS) is 26.6. The summed E-state index contributed by atoms with van der Waals surface area (Å²) in [7, 11) is 0. The Hall–Kier alpha value is -0.820. The van der Waals surface area contributed by atoms with Crippen LogP contribution in [0.25, 0.3) is 0 Å². The Bertz CT molecular complexity index is 323. The van der Waals surface area contributed by atoms with E-state index in [0.29, 0.717) is 5.92 Å². The smallest absolute Gasteiger partial charge is 0.0608 e. The molecule has 1 heteroatoms. The molecule has 0 radical (unpaired) electrons. The van der Waals surface area contributed by atoms with Crippen LogP contribution in [0.4, 0.5) is 0 Å². The van der Waals surface area contributed by atoms with Crippen molar-refractivity contribution in [2.75, 3.05) is 0 Å². The summed E-state index contributed by atoms with van der Waals surface area (Å²) in [5.74, 6) is 0.375. The molecule has 1 nitrogen and oxygen atoms in total. The van der Waals surface area contributed by atoms with E-state index in [4.69, 9.17) is 0 Å². The number of aliphatic hydroxyl groups excluding tert-OH is 1. The highest BCUT2D eigenvalue weighted by Crippen LogP contribution is 2.36. The monoisotopic (exact) mass is 204 g/mol. The van der Waals surface area contributed by atoms with Crippen molar-refractivity contribution in [3.63, 3.8) is 0 Å². The highest BCUT2D eigenvalue weighted by Gasteiger charge is 2.26. The highest BCUT2D eigenvalue weighted by atomic mass is 16.3. The zero-order valence-electron chi connectivity index (χ0n) is 9.66. The predicted molar refractivity (Wildman–Crippen MR) is 63.1 cm³/mol. The molecule has 82 valence electrons. The molecule has 0 heterocycles. The lowest BCUT2D eigenvalue weighted by atomic mass is 9.78. The standard InChI is InChI=1S/C14H20O/c1-10-6-5-7-11(2)14(10)12-8-3-4-9-13(12)15/h5-7,12-13,15H,3-4,8-9H2,1-2H3. The molecule has 15 heavy (non-hydrogen) atoms. The topological polar surface area (TPSA) is 20.2 Å². The summed E-state index contributed by atoms with van der Waals surface area (Å²) in [5, 5.41) is 10.1. The van der Waals surface area contributed by atoms with Crippen molar-refractivity contribution in [2.45, 2.75) is 51.6 Å². The van der Waals surface area contributed by atoms with E-state index in [0.717, 1.165) is 12.8 Å². The van der Waals surface area contributed by atoms with Crippen molar-refractivity contribution in [3.05, 3.63) is 34.9 Å². The maximum atomic E-state index is 10.1. The fraction of sp³-hybridized carbons (Fsp3) is 0.571. The van der Waals surface area contributed by atoms with E-state index < -0.39 is 0 Å². The Labute approximate surface area is 92.1 Å². The lowest BCUT2D eigenvalue weighted by molar-refractivity contribution is 0.106. The number of aryl methyl sites for hydroxylation is 2. The van der Waals surface area contributed by atoms with E-state index >= 15 is 0 Å². The fourth-order valence-corrected chi connectivity index (χ4v) is 2.86. The first-order valence-corrected chi connectivity index (χ1v) is 5.94. The summed E-state index contributed by atoms with van der Waals surface area (Å²) in [4.78, 5) is 0. The number of hydrogen-bond acceptors (Lipinski definition) is 1. The molecule has 1 aliphatic rings. The molecule has 2 unspecified atom stereocenters. The van der Waals surface area contributed by atoms with Crippen LogP contribution in [-0.4, -0.2) is 11.2 Å². The SMILES string of the molecule is Cc1cccc(C)c1C1CCCCC1O. The van der Waals surface area contributed by atoms with Gasteiger partial charge < -0.3 is 5.11 Å². The summed E-state index contributed by atoms with van der Waals surface area (Å²) < 4.78 is 0. The van der Waals surface area contributed by atoms with Crippen molar-refractivity contribution < 1.29 is 5.11 Å². The number of hydrogen-bond donors (Lipinski definition) is 1. The van der Waals surface area contributed by atoms with Gasteiger partial charge in [0.2, 0.25) is 0 Å².